The van der Waals surface area contributed by atoms with Crippen LogP contribution >= 0.6 is 11.3 Å². The van der Waals surface area contributed by atoms with E-state index in [4.69, 9.17) is 5.73 Å². The lowest BCUT2D eigenvalue weighted by molar-refractivity contribution is 0.100. The number of nitrogens with zero attached hydrogens (tertiary/aromatic N) is 1. The van der Waals surface area contributed by atoms with E-state index in [0.717, 1.165) is 21.1 Å². The number of rotatable bonds is 4. The second kappa shape index (κ2) is 5.95. The summed E-state index contributed by atoms with van der Waals surface area (Å²) in [4.78, 5) is 16.9. The lowest BCUT2D eigenvalue weighted by atomic mass is 9.99. The first-order valence-corrected chi connectivity index (χ1v) is 8.01. The lowest BCUT2D eigenvalue weighted by Crippen LogP contribution is -2.10. The molecule has 21 heavy (non-hydrogen) atoms. The van der Waals surface area contributed by atoms with Crippen LogP contribution in [0.15, 0.2) is 24.3 Å². The zero-order valence-corrected chi connectivity index (χ0v) is 12.5. The topological polar surface area (TPSA) is 76.2 Å². The number of hydrogen-bond acceptors (Lipinski definition) is 4. The zero-order chi connectivity index (χ0) is 14.8. The van der Waals surface area contributed by atoms with E-state index < -0.39 is 5.91 Å². The van der Waals surface area contributed by atoms with Gasteiger partial charge in [0, 0.05) is 11.5 Å². The van der Waals surface area contributed by atoms with E-state index in [0.29, 0.717) is 11.5 Å². The standard InChI is InChI=1S/C16H18N2O2S/c17-16(20)12-7-5-11(6-8-12)15-14(10-3-1-2-4-10)18-13(9-19)21-15/h5-8,10,19H,1-4,9H2,(H2,17,20). The van der Waals surface area contributed by atoms with Crippen LogP contribution in [0.3, 0.4) is 0 Å². The number of thiazole rings is 1. The minimum Gasteiger partial charge on any atom is -0.389 e. The van der Waals surface area contributed by atoms with Crippen LogP contribution in [-0.2, 0) is 6.61 Å². The van der Waals surface area contributed by atoms with Gasteiger partial charge in [0.25, 0.3) is 0 Å². The molecule has 3 N–H and O–H groups in total. The van der Waals surface area contributed by atoms with E-state index in [1.807, 2.05) is 12.1 Å². The largest absolute Gasteiger partial charge is 0.389 e. The summed E-state index contributed by atoms with van der Waals surface area (Å²) in [6, 6.07) is 7.31. The maximum absolute atomic E-state index is 11.2. The lowest BCUT2D eigenvalue weighted by Gasteiger charge is -2.09. The van der Waals surface area contributed by atoms with Gasteiger partial charge in [0.05, 0.1) is 17.2 Å². The van der Waals surface area contributed by atoms with Gasteiger partial charge >= 0.3 is 0 Å². The second-order valence-corrected chi connectivity index (χ2v) is 6.49. The van der Waals surface area contributed by atoms with E-state index >= 15 is 0 Å². The minimum absolute atomic E-state index is 0.0241. The monoisotopic (exact) mass is 302 g/mol. The van der Waals surface area contributed by atoms with Crippen LogP contribution in [0.5, 0.6) is 0 Å². The molecular formula is C16H18N2O2S. The molecule has 0 atom stereocenters. The fourth-order valence-electron chi connectivity index (χ4n) is 2.91. The Morgan fingerprint density at radius 1 is 1.29 bits per heavy atom. The molecule has 1 aliphatic rings. The van der Waals surface area contributed by atoms with E-state index in [2.05, 4.69) is 4.98 Å². The number of primary amides is 1. The number of aliphatic hydroxyl groups excluding tert-OH is 1. The summed E-state index contributed by atoms with van der Waals surface area (Å²) in [7, 11) is 0. The quantitative estimate of drug-likeness (QED) is 0.911. The van der Waals surface area contributed by atoms with Crippen LogP contribution in [0, 0.1) is 0 Å². The van der Waals surface area contributed by atoms with Crippen molar-refractivity contribution in [3.05, 3.63) is 40.5 Å². The molecule has 3 rings (SSSR count). The van der Waals surface area contributed by atoms with Crippen LogP contribution in [0.2, 0.25) is 0 Å². The Morgan fingerprint density at radius 3 is 2.52 bits per heavy atom. The number of carbonyl (C=O) groups excluding carboxylic acids is 1. The fourth-order valence-corrected chi connectivity index (χ4v) is 3.93. The highest BCUT2D eigenvalue weighted by Crippen LogP contribution is 2.41. The van der Waals surface area contributed by atoms with E-state index in [1.54, 1.807) is 12.1 Å². The molecule has 0 saturated heterocycles. The molecule has 0 aliphatic heterocycles. The first-order valence-electron chi connectivity index (χ1n) is 7.19. The van der Waals surface area contributed by atoms with Gasteiger partial charge in [-0.2, -0.15) is 0 Å². The molecule has 0 spiro atoms. The molecule has 4 nitrogen and oxygen atoms in total. The number of amides is 1. The highest BCUT2D eigenvalue weighted by Gasteiger charge is 2.24. The Kier molecular flexibility index (Phi) is 4.03. The molecule has 2 aromatic rings. The van der Waals surface area contributed by atoms with Crippen LogP contribution in [-0.4, -0.2) is 16.0 Å². The van der Waals surface area contributed by atoms with Crippen LogP contribution < -0.4 is 5.73 Å². The number of nitrogens with two attached hydrogens (primary N) is 1. The molecular weight excluding hydrogens is 284 g/mol. The van der Waals surface area contributed by atoms with Crippen molar-refractivity contribution in [2.75, 3.05) is 0 Å². The molecule has 1 aromatic carbocycles. The molecule has 5 heteroatoms. The average Bonchev–Trinajstić information content (AvgIpc) is 3.16. The van der Waals surface area contributed by atoms with E-state index in [-0.39, 0.29) is 6.61 Å². The predicted molar refractivity (Wildman–Crippen MR) is 83.2 cm³/mol. The Labute approximate surface area is 127 Å². The van der Waals surface area contributed by atoms with Gasteiger partial charge in [0.15, 0.2) is 0 Å². The molecule has 1 amide bonds. The van der Waals surface area contributed by atoms with Gasteiger partial charge in [-0.25, -0.2) is 4.98 Å². The number of carbonyl (C=O) groups is 1. The average molecular weight is 302 g/mol. The van der Waals surface area contributed by atoms with Gasteiger partial charge in [-0.3, -0.25) is 4.79 Å². The molecule has 0 radical (unpaired) electrons. The summed E-state index contributed by atoms with van der Waals surface area (Å²) in [5, 5.41) is 10.1. The van der Waals surface area contributed by atoms with E-state index in [1.165, 1.54) is 37.0 Å². The van der Waals surface area contributed by atoms with Gasteiger partial charge in [0.2, 0.25) is 5.91 Å². The zero-order valence-electron chi connectivity index (χ0n) is 11.7. The fraction of sp³-hybridized carbons (Fsp3) is 0.375. The second-order valence-electron chi connectivity index (χ2n) is 5.40. The number of aliphatic hydroxyl groups is 1. The Hall–Kier alpha value is -1.72. The Morgan fingerprint density at radius 2 is 1.95 bits per heavy atom. The highest BCUT2D eigenvalue weighted by atomic mass is 32.1. The maximum atomic E-state index is 11.2. The first-order chi connectivity index (χ1) is 10.2. The number of benzene rings is 1. The third-order valence-corrected chi connectivity index (χ3v) is 5.11. The van der Waals surface area contributed by atoms with Crippen molar-refractivity contribution < 1.29 is 9.90 Å². The van der Waals surface area contributed by atoms with Crippen molar-refractivity contribution in [1.82, 2.24) is 4.98 Å². The highest BCUT2D eigenvalue weighted by molar-refractivity contribution is 7.15. The van der Waals surface area contributed by atoms with Crippen LogP contribution in [0.4, 0.5) is 0 Å². The minimum atomic E-state index is -0.419. The van der Waals surface area contributed by atoms with Crippen molar-refractivity contribution in [3.63, 3.8) is 0 Å². The van der Waals surface area contributed by atoms with Crippen molar-refractivity contribution in [3.8, 4) is 10.4 Å². The molecule has 1 fully saturated rings. The third-order valence-electron chi connectivity index (χ3n) is 4.01. The number of aromatic nitrogens is 1. The van der Waals surface area contributed by atoms with Gasteiger partial charge in [0.1, 0.15) is 5.01 Å². The molecule has 1 aromatic heterocycles. The molecule has 110 valence electrons. The van der Waals surface area contributed by atoms with E-state index in [9.17, 15) is 9.90 Å². The van der Waals surface area contributed by atoms with Gasteiger partial charge in [-0.05, 0) is 30.5 Å². The van der Waals surface area contributed by atoms with Gasteiger partial charge < -0.3 is 10.8 Å². The summed E-state index contributed by atoms with van der Waals surface area (Å²) in [6.45, 7) is -0.0241. The molecule has 1 aliphatic carbocycles. The molecule has 0 unspecified atom stereocenters. The molecule has 0 bridgehead atoms. The van der Waals surface area contributed by atoms with Crippen LogP contribution in [0.1, 0.15) is 52.7 Å². The Bertz CT molecular complexity index is 643. The number of hydrogen-bond donors (Lipinski definition) is 2. The first kappa shape index (κ1) is 14.2. The summed E-state index contributed by atoms with van der Waals surface area (Å²) >= 11 is 1.54. The van der Waals surface area contributed by atoms with Crippen molar-refractivity contribution >= 4 is 17.2 Å². The van der Waals surface area contributed by atoms with Crippen molar-refractivity contribution in [2.24, 2.45) is 5.73 Å². The summed E-state index contributed by atoms with van der Waals surface area (Å²) < 4.78 is 0. The van der Waals surface area contributed by atoms with Crippen molar-refractivity contribution in [2.45, 2.75) is 38.2 Å². The summed E-state index contributed by atoms with van der Waals surface area (Å²) in [5.74, 6) is 0.0743. The smallest absolute Gasteiger partial charge is 0.248 e. The van der Waals surface area contributed by atoms with Gasteiger partial charge in [-0.1, -0.05) is 25.0 Å². The molecule has 1 heterocycles. The van der Waals surface area contributed by atoms with Crippen molar-refractivity contribution in [1.29, 1.82) is 0 Å². The normalized spacial score (nSPS) is 15.5. The SMILES string of the molecule is NC(=O)c1ccc(-c2sc(CO)nc2C2CCCC2)cc1. The summed E-state index contributed by atoms with van der Waals surface area (Å²) in [6.07, 6.45) is 4.83. The Balaban J connectivity index is 1.99. The predicted octanol–water partition coefficient (Wildman–Crippen LogP) is 3.06. The van der Waals surface area contributed by atoms with Crippen LogP contribution in [0.25, 0.3) is 10.4 Å². The molecule has 1 saturated carbocycles. The third kappa shape index (κ3) is 2.84. The summed E-state index contributed by atoms with van der Waals surface area (Å²) in [5.41, 5.74) is 7.93. The van der Waals surface area contributed by atoms with Gasteiger partial charge in [-0.15, -0.1) is 11.3 Å². The maximum Gasteiger partial charge on any atom is 0.248 e.